The van der Waals surface area contributed by atoms with E-state index in [1.165, 1.54) is 6.33 Å². The van der Waals surface area contributed by atoms with Gasteiger partial charge < -0.3 is 25.4 Å². The van der Waals surface area contributed by atoms with Crippen LogP contribution in [0.3, 0.4) is 0 Å². The van der Waals surface area contributed by atoms with Crippen molar-refractivity contribution in [1.82, 2.24) is 15.3 Å². The number of halogens is 1. The van der Waals surface area contributed by atoms with E-state index < -0.39 is 0 Å². The number of anilines is 3. The first kappa shape index (κ1) is 20.5. The smallest absolute Gasteiger partial charge is 0.319 e. The van der Waals surface area contributed by atoms with Crippen LogP contribution in [0.1, 0.15) is 13.3 Å². The number of ether oxygens (including phenoxy) is 2. The van der Waals surface area contributed by atoms with Crippen molar-refractivity contribution in [3.05, 3.63) is 41.7 Å². The fourth-order valence-electron chi connectivity index (χ4n) is 2.72. The summed E-state index contributed by atoms with van der Waals surface area (Å²) in [5, 5.41) is 9.87. The van der Waals surface area contributed by atoms with Gasteiger partial charge >= 0.3 is 6.03 Å². The molecule has 0 unspecified atom stereocenters. The molecule has 1 heterocycles. The number of hydrogen-bond acceptors (Lipinski definition) is 6. The average Bonchev–Trinajstić information content (AvgIpc) is 2.73. The molecule has 2 aromatic carbocycles. The third kappa shape index (κ3) is 4.78. The molecule has 0 bridgehead atoms. The summed E-state index contributed by atoms with van der Waals surface area (Å²) in [5.74, 6) is 1.76. The lowest BCUT2D eigenvalue weighted by Crippen LogP contribution is -2.29. The molecule has 0 atom stereocenters. The molecule has 29 heavy (non-hydrogen) atoms. The number of benzene rings is 2. The largest absolute Gasteiger partial charge is 0.493 e. The fourth-order valence-corrected chi connectivity index (χ4v) is 2.95. The van der Waals surface area contributed by atoms with E-state index >= 15 is 0 Å². The Morgan fingerprint density at radius 3 is 2.55 bits per heavy atom. The van der Waals surface area contributed by atoms with E-state index in [2.05, 4.69) is 25.9 Å². The first-order valence-corrected chi connectivity index (χ1v) is 9.41. The minimum absolute atomic E-state index is 0.294. The Morgan fingerprint density at radius 2 is 1.86 bits per heavy atom. The number of carbonyl (C=O) groups is 1. The quantitative estimate of drug-likeness (QED) is 0.522. The number of carbonyl (C=O) groups excluding carboxylic acids is 1. The molecule has 0 aliphatic carbocycles. The van der Waals surface area contributed by atoms with Crippen LogP contribution in [0.5, 0.6) is 11.5 Å². The van der Waals surface area contributed by atoms with Gasteiger partial charge in [-0.3, -0.25) is 0 Å². The van der Waals surface area contributed by atoms with E-state index in [9.17, 15) is 4.79 Å². The Hall–Kier alpha value is -3.26. The second-order valence-corrected chi connectivity index (χ2v) is 6.55. The molecule has 9 heteroatoms. The van der Waals surface area contributed by atoms with Gasteiger partial charge in [0.05, 0.1) is 30.4 Å². The summed E-state index contributed by atoms with van der Waals surface area (Å²) in [6.07, 6.45) is 2.32. The zero-order valence-electron chi connectivity index (χ0n) is 16.4. The molecule has 8 nitrogen and oxygen atoms in total. The van der Waals surface area contributed by atoms with Crippen LogP contribution in [-0.4, -0.2) is 36.8 Å². The second kappa shape index (κ2) is 9.29. The molecular formula is C20H22ClN5O3. The highest BCUT2D eigenvalue weighted by molar-refractivity contribution is 6.34. The Bertz CT molecular complexity index is 1030. The van der Waals surface area contributed by atoms with E-state index in [0.717, 1.165) is 11.8 Å². The van der Waals surface area contributed by atoms with Gasteiger partial charge in [0.25, 0.3) is 0 Å². The number of amides is 2. The van der Waals surface area contributed by atoms with Gasteiger partial charge in [0.1, 0.15) is 12.1 Å². The Labute approximate surface area is 173 Å². The lowest BCUT2D eigenvalue weighted by atomic mass is 10.2. The van der Waals surface area contributed by atoms with Crippen LogP contribution < -0.4 is 25.4 Å². The molecule has 0 radical (unpaired) electrons. The lowest BCUT2D eigenvalue weighted by molar-refractivity contribution is 0.252. The Kier molecular flexibility index (Phi) is 6.56. The van der Waals surface area contributed by atoms with Crippen LogP contribution >= 0.6 is 11.6 Å². The number of fused-ring (bicyclic) bond motifs is 1. The van der Waals surface area contributed by atoms with Crippen molar-refractivity contribution >= 4 is 45.7 Å². The van der Waals surface area contributed by atoms with Crippen molar-refractivity contribution in [2.75, 3.05) is 31.4 Å². The second-order valence-electron chi connectivity index (χ2n) is 6.15. The first-order valence-electron chi connectivity index (χ1n) is 9.03. The van der Waals surface area contributed by atoms with Gasteiger partial charge in [-0.1, -0.05) is 18.5 Å². The zero-order chi connectivity index (χ0) is 20.8. The maximum absolute atomic E-state index is 11.8. The lowest BCUT2D eigenvalue weighted by Gasteiger charge is -2.13. The van der Waals surface area contributed by atoms with Gasteiger partial charge in [-0.2, -0.15) is 0 Å². The van der Waals surface area contributed by atoms with Gasteiger partial charge in [-0.15, -0.1) is 0 Å². The molecule has 3 N–H and O–H groups in total. The summed E-state index contributed by atoms with van der Waals surface area (Å²) in [4.78, 5) is 20.4. The molecule has 0 fully saturated rings. The van der Waals surface area contributed by atoms with Crippen LogP contribution in [0.2, 0.25) is 5.02 Å². The summed E-state index contributed by atoms with van der Waals surface area (Å²) in [5.41, 5.74) is 1.94. The van der Waals surface area contributed by atoms with Gasteiger partial charge in [-0.05, 0) is 30.7 Å². The maximum Gasteiger partial charge on any atom is 0.319 e. The average molecular weight is 416 g/mol. The van der Waals surface area contributed by atoms with Crippen LogP contribution in [0.4, 0.5) is 22.0 Å². The van der Waals surface area contributed by atoms with Crippen LogP contribution in [0.15, 0.2) is 36.7 Å². The van der Waals surface area contributed by atoms with Crippen molar-refractivity contribution < 1.29 is 14.3 Å². The molecule has 152 valence electrons. The summed E-state index contributed by atoms with van der Waals surface area (Å²) in [6.45, 7) is 2.58. The van der Waals surface area contributed by atoms with Gasteiger partial charge in [0.15, 0.2) is 11.5 Å². The van der Waals surface area contributed by atoms with E-state index in [0.29, 0.717) is 45.8 Å². The highest BCUT2D eigenvalue weighted by Crippen LogP contribution is 2.35. The fraction of sp³-hybridized carbons (Fsp3) is 0.250. The van der Waals surface area contributed by atoms with Gasteiger partial charge in [0.2, 0.25) is 0 Å². The summed E-state index contributed by atoms with van der Waals surface area (Å²) in [6, 6.07) is 8.55. The summed E-state index contributed by atoms with van der Waals surface area (Å²) in [7, 11) is 3.15. The van der Waals surface area contributed by atoms with E-state index in [4.69, 9.17) is 21.1 Å². The number of urea groups is 1. The molecular weight excluding hydrogens is 394 g/mol. The number of hydrogen-bond donors (Lipinski definition) is 3. The molecule has 0 spiro atoms. The number of nitrogens with zero attached hydrogens (tertiary/aromatic N) is 2. The normalized spacial score (nSPS) is 10.5. The highest BCUT2D eigenvalue weighted by Gasteiger charge is 2.12. The molecule has 0 aliphatic heterocycles. The standard InChI is InChI=1S/C20H22ClN5O3/c1-4-7-22-20(27)26-15-6-5-12(8-14(15)21)25-19-13-9-17(28-2)18(29-3)10-16(13)23-11-24-19/h5-6,8-11H,4,7H2,1-3H3,(H2,22,26,27)(H,23,24,25). The minimum Gasteiger partial charge on any atom is -0.493 e. The molecule has 0 saturated carbocycles. The van der Waals surface area contributed by atoms with Crippen molar-refractivity contribution in [3.8, 4) is 11.5 Å². The number of methoxy groups -OCH3 is 2. The van der Waals surface area contributed by atoms with Crippen LogP contribution in [-0.2, 0) is 0 Å². The number of rotatable bonds is 7. The van der Waals surface area contributed by atoms with Gasteiger partial charge in [0, 0.05) is 23.7 Å². The SMILES string of the molecule is CCCNC(=O)Nc1ccc(Nc2ncnc3cc(OC)c(OC)cc23)cc1Cl. The monoisotopic (exact) mass is 415 g/mol. The predicted molar refractivity (Wildman–Crippen MR) is 115 cm³/mol. The van der Waals surface area contributed by atoms with E-state index in [-0.39, 0.29) is 6.03 Å². The molecule has 2 amide bonds. The molecule has 3 rings (SSSR count). The zero-order valence-corrected chi connectivity index (χ0v) is 17.1. The molecule has 1 aromatic heterocycles. The third-order valence-corrected chi connectivity index (χ3v) is 4.47. The first-order chi connectivity index (χ1) is 14.0. The topological polar surface area (TPSA) is 97.4 Å². The van der Waals surface area contributed by atoms with Crippen LogP contribution in [0.25, 0.3) is 10.9 Å². The van der Waals surface area contributed by atoms with Crippen molar-refractivity contribution in [2.45, 2.75) is 13.3 Å². The number of aromatic nitrogens is 2. The third-order valence-electron chi connectivity index (χ3n) is 4.16. The number of nitrogens with one attached hydrogen (secondary N) is 3. The van der Waals surface area contributed by atoms with Crippen molar-refractivity contribution in [3.63, 3.8) is 0 Å². The highest BCUT2D eigenvalue weighted by atomic mass is 35.5. The maximum atomic E-state index is 11.8. The predicted octanol–water partition coefficient (Wildman–Crippen LogP) is 4.58. The van der Waals surface area contributed by atoms with E-state index in [1.807, 2.05) is 13.0 Å². The van der Waals surface area contributed by atoms with Crippen molar-refractivity contribution in [2.24, 2.45) is 0 Å². The molecule has 3 aromatic rings. The summed E-state index contributed by atoms with van der Waals surface area (Å²) < 4.78 is 10.7. The van der Waals surface area contributed by atoms with Crippen LogP contribution in [0, 0.1) is 0 Å². The Morgan fingerprint density at radius 1 is 1.10 bits per heavy atom. The molecule has 0 saturated heterocycles. The molecule has 0 aliphatic rings. The van der Waals surface area contributed by atoms with Crippen molar-refractivity contribution in [1.29, 1.82) is 0 Å². The van der Waals surface area contributed by atoms with E-state index in [1.54, 1.807) is 38.5 Å². The van der Waals surface area contributed by atoms with Gasteiger partial charge in [-0.25, -0.2) is 14.8 Å². The minimum atomic E-state index is -0.294. The summed E-state index contributed by atoms with van der Waals surface area (Å²) >= 11 is 6.33. The Balaban J connectivity index is 1.85.